The molecule has 0 saturated heterocycles. The summed E-state index contributed by atoms with van der Waals surface area (Å²) in [7, 11) is 0. The molecule has 2 heteroatoms. The number of thiophene rings is 1. The average Bonchev–Trinajstić information content (AvgIpc) is 2.44. The first-order valence-electron chi connectivity index (χ1n) is 4.40. The summed E-state index contributed by atoms with van der Waals surface area (Å²) in [5.41, 5.74) is 1.03. The second kappa shape index (κ2) is 3.11. The fraction of sp³-hybridized carbons (Fsp3) is 0.273. The largest absolute Gasteiger partial charge is 0.205 e. The zero-order valence-electron chi connectivity index (χ0n) is 7.73. The molecular weight excluding hydrogens is 183 g/mol. The van der Waals surface area contributed by atoms with Crippen LogP contribution >= 0.6 is 11.3 Å². The summed E-state index contributed by atoms with van der Waals surface area (Å²) in [6, 6.07) is 5.92. The van der Waals surface area contributed by atoms with Crippen LogP contribution < -0.4 is 0 Å². The number of fused-ring (bicyclic) bond motifs is 1. The zero-order chi connectivity index (χ0) is 9.42. The van der Waals surface area contributed by atoms with Gasteiger partial charge in [-0.15, -0.1) is 11.3 Å². The van der Waals surface area contributed by atoms with Crippen LogP contribution in [-0.4, -0.2) is 0 Å². The third kappa shape index (κ3) is 1.25. The Kier molecular flexibility index (Phi) is 2.08. The van der Waals surface area contributed by atoms with E-state index in [9.17, 15) is 4.39 Å². The van der Waals surface area contributed by atoms with Gasteiger partial charge in [-0.2, -0.15) is 0 Å². The van der Waals surface area contributed by atoms with E-state index in [2.05, 4.69) is 0 Å². The lowest BCUT2D eigenvalue weighted by atomic mass is 10.1. The number of halogens is 1. The molecule has 0 amide bonds. The van der Waals surface area contributed by atoms with Gasteiger partial charge >= 0.3 is 0 Å². The molecule has 1 aromatic carbocycles. The molecule has 0 saturated carbocycles. The van der Waals surface area contributed by atoms with E-state index in [0.717, 1.165) is 26.9 Å². The van der Waals surface area contributed by atoms with E-state index in [4.69, 9.17) is 0 Å². The molecule has 1 aromatic heterocycles. The van der Waals surface area contributed by atoms with Gasteiger partial charge in [-0.05, 0) is 25.0 Å². The van der Waals surface area contributed by atoms with Crippen molar-refractivity contribution in [3.8, 4) is 0 Å². The van der Waals surface area contributed by atoms with Crippen LogP contribution in [0.2, 0.25) is 0 Å². The molecule has 0 atom stereocenters. The summed E-state index contributed by atoms with van der Waals surface area (Å²) < 4.78 is 14.8. The van der Waals surface area contributed by atoms with Gasteiger partial charge in [-0.1, -0.05) is 19.1 Å². The maximum atomic E-state index is 13.7. The van der Waals surface area contributed by atoms with Crippen molar-refractivity contribution in [3.05, 3.63) is 34.5 Å². The van der Waals surface area contributed by atoms with Crippen molar-refractivity contribution in [3.63, 3.8) is 0 Å². The third-order valence-electron chi connectivity index (χ3n) is 2.25. The molecule has 13 heavy (non-hydrogen) atoms. The van der Waals surface area contributed by atoms with Crippen molar-refractivity contribution in [2.24, 2.45) is 0 Å². The number of benzene rings is 1. The summed E-state index contributed by atoms with van der Waals surface area (Å²) in [5.74, 6) is -0.0133. The zero-order valence-corrected chi connectivity index (χ0v) is 8.54. The molecule has 0 aliphatic rings. The van der Waals surface area contributed by atoms with Crippen LogP contribution in [0, 0.1) is 12.7 Å². The second-order valence-electron chi connectivity index (χ2n) is 3.14. The Balaban J connectivity index is 2.85. The van der Waals surface area contributed by atoms with Crippen LogP contribution in [0.25, 0.3) is 10.1 Å². The molecule has 2 rings (SSSR count). The molecule has 68 valence electrons. The van der Waals surface area contributed by atoms with Gasteiger partial charge in [-0.3, -0.25) is 0 Å². The molecule has 2 aromatic rings. The van der Waals surface area contributed by atoms with Crippen molar-refractivity contribution in [1.82, 2.24) is 0 Å². The molecule has 0 aliphatic carbocycles. The van der Waals surface area contributed by atoms with Crippen LogP contribution in [0.5, 0.6) is 0 Å². The Labute approximate surface area is 81.0 Å². The van der Waals surface area contributed by atoms with E-state index >= 15 is 0 Å². The summed E-state index contributed by atoms with van der Waals surface area (Å²) in [6.07, 6.45) is 0.782. The lowest BCUT2D eigenvalue weighted by Crippen LogP contribution is -1.80. The number of hydrogen-bond acceptors (Lipinski definition) is 1. The lowest BCUT2D eigenvalue weighted by Gasteiger charge is -1.94. The van der Waals surface area contributed by atoms with E-state index in [1.807, 2.05) is 32.0 Å². The molecule has 0 N–H and O–H groups in total. The fourth-order valence-electron chi connectivity index (χ4n) is 1.55. The highest BCUT2D eigenvalue weighted by Gasteiger charge is 2.11. The lowest BCUT2D eigenvalue weighted by molar-refractivity contribution is 0.630. The van der Waals surface area contributed by atoms with Gasteiger partial charge < -0.3 is 0 Å². The summed E-state index contributed by atoms with van der Waals surface area (Å²) in [6.45, 7) is 3.95. The van der Waals surface area contributed by atoms with Crippen molar-refractivity contribution in [1.29, 1.82) is 0 Å². The van der Waals surface area contributed by atoms with Gasteiger partial charge in [0, 0.05) is 15.0 Å². The average molecular weight is 194 g/mol. The minimum atomic E-state index is -0.0133. The maximum Gasteiger partial charge on any atom is 0.145 e. The molecule has 0 spiro atoms. The Hall–Kier alpha value is -0.890. The molecular formula is C11H11FS. The first-order chi connectivity index (χ1) is 6.24. The van der Waals surface area contributed by atoms with Crippen LogP contribution in [0.4, 0.5) is 4.39 Å². The normalized spacial score (nSPS) is 11.0. The Morgan fingerprint density at radius 3 is 2.77 bits per heavy atom. The predicted molar refractivity (Wildman–Crippen MR) is 55.9 cm³/mol. The highest BCUT2D eigenvalue weighted by Crippen LogP contribution is 2.32. The van der Waals surface area contributed by atoms with Crippen molar-refractivity contribution in [2.45, 2.75) is 20.3 Å². The van der Waals surface area contributed by atoms with E-state index in [1.54, 1.807) is 11.3 Å². The van der Waals surface area contributed by atoms with E-state index < -0.39 is 0 Å². The van der Waals surface area contributed by atoms with Crippen molar-refractivity contribution >= 4 is 21.4 Å². The van der Waals surface area contributed by atoms with Crippen LogP contribution in [0.3, 0.4) is 0 Å². The molecule has 0 fully saturated rings. The first-order valence-corrected chi connectivity index (χ1v) is 5.22. The Morgan fingerprint density at radius 2 is 2.15 bits per heavy atom. The Morgan fingerprint density at radius 1 is 1.38 bits per heavy atom. The predicted octanol–water partition coefficient (Wildman–Crippen LogP) is 3.91. The van der Waals surface area contributed by atoms with Gasteiger partial charge in [-0.25, -0.2) is 4.39 Å². The minimum Gasteiger partial charge on any atom is -0.205 e. The van der Waals surface area contributed by atoms with E-state index in [-0.39, 0.29) is 5.82 Å². The molecule has 0 radical (unpaired) electrons. The number of aryl methyl sites for hydroxylation is 2. The quantitative estimate of drug-likeness (QED) is 0.645. The third-order valence-corrected chi connectivity index (χ3v) is 3.53. The van der Waals surface area contributed by atoms with Gasteiger partial charge in [0.1, 0.15) is 5.82 Å². The molecule has 0 nitrogen and oxygen atoms in total. The highest BCUT2D eigenvalue weighted by atomic mass is 32.1. The van der Waals surface area contributed by atoms with Crippen LogP contribution in [-0.2, 0) is 6.42 Å². The monoisotopic (exact) mass is 194 g/mol. The summed E-state index contributed by atoms with van der Waals surface area (Å²) in [5, 5.41) is 0.810. The molecule has 0 bridgehead atoms. The van der Waals surface area contributed by atoms with Gasteiger partial charge in [0.2, 0.25) is 0 Å². The minimum absolute atomic E-state index is 0.0133. The second-order valence-corrected chi connectivity index (χ2v) is 4.28. The van der Waals surface area contributed by atoms with Gasteiger partial charge in [0.05, 0.1) is 0 Å². The molecule has 0 aliphatic heterocycles. The van der Waals surface area contributed by atoms with Crippen LogP contribution in [0.1, 0.15) is 17.4 Å². The SMILES string of the molecule is CCc1sc2cccc(C)c2c1F. The molecule has 1 heterocycles. The van der Waals surface area contributed by atoms with Gasteiger partial charge in [0.25, 0.3) is 0 Å². The Bertz CT molecular complexity index is 443. The van der Waals surface area contributed by atoms with Crippen molar-refractivity contribution < 1.29 is 4.39 Å². The van der Waals surface area contributed by atoms with E-state index in [0.29, 0.717) is 0 Å². The summed E-state index contributed by atoms with van der Waals surface area (Å²) >= 11 is 1.56. The number of rotatable bonds is 1. The first kappa shape index (κ1) is 8.70. The van der Waals surface area contributed by atoms with E-state index in [1.165, 1.54) is 0 Å². The molecule has 0 unspecified atom stereocenters. The van der Waals surface area contributed by atoms with Gasteiger partial charge in [0.15, 0.2) is 0 Å². The smallest absolute Gasteiger partial charge is 0.145 e. The number of hydrogen-bond donors (Lipinski definition) is 0. The van der Waals surface area contributed by atoms with Crippen LogP contribution in [0.15, 0.2) is 18.2 Å². The summed E-state index contributed by atoms with van der Waals surface area (Å²) in [4.78, 5) is 0.865. The highest BCUT2D eigenvalue weighted by molar-refractivity contribution is 7.19. The maximum absolute atomic E-state index is 13.7. The fourth-order valence-corrected chi connectivity index (χ4v) is 2.65. The van der Waals surface area contributed by atoms with Crippen molar-refractivity contribution in [2.75, 3.05) is 0 Å². The topological polar surface area (TPSA) is 0 Å². The standard InChI is InChI=1S/C11H11FS/c1-3-8-11(12)10-7(2)5-4-6-9(10)13-8/h4-6H,3H2,1-2H3.